The number of para-hydroxylation sites is 1. The fourth-order valence-corrected chi connectivity index (χ4v) is 2.54. The van der Waals surface area contributed by atoms with E-state index >= 15 is 0 Å². The van der Waals surface area contributed by atoms with Crippen LogP contribution >= 0.6 is 0 Å². The fraction of sp³-hybridized carbons (Fsp3) is 0.143. The van der Waals surface area contributed by atoms with Gasteiger partial charge in [0.15, 0.2) is 5.84 Å². The van der Waals surface area contributed by atoms with Crippen molar-refractivity contribution in [1.82, 2.24) is 0 Å². The molecule has 0 unspecified atom stereocenters. The zero-order valence-electron chi connectivity index (χ0n) is 15.4. The Bertz CT molecular complexity index is 989. The van der Waals surface area contributed by atoms with Gasteiger partial charge in [-0.05, 0) is 61.4 Å². The van der Waals surface area contributed by atoms with Gasteiger partial charge in [-0.1, -0.05) is 23.4 Å². The van der Waals surface area contributed by atoms with Gasteiger partial charge in [0.05, 0.1) is 0 Å². The van der Waals surface area contributed by atoms with Crippen molar-refractivity contribution in [2.75, 3.05) is 0 Å². The first-order valence-electron chi connectivity index (χ1n) is 8.52. The number of rotatable bonds is 6. The lowest BCUT2D eigenvalue weighted by molar-refractivity contribution is 0.0475. The average molecular weight is 382 g/mol. The van der Waals surface area contributed by atoms with E-state index in [1.54, 1.807) is 6.07 Å². The molecule has 0 aliphatic rings. The van der Waals surface area contributed by atoms with Crippen molar-refractivity contribution in [3.63, 3.8) is 0 Å². The van der Waals surface area contributed by atoms with Gasteiger partial charge in [0.2, 0.25) is 5.76 Å². The van der Waals surface area contributed by atoms with Gasteiger partial charge in [0.1, 0.15) is 23.9 Å². The van der Waals surface area contributed by atoms with Crippen LogP contribution < -0.4 is 10.5 Å². The van der Waals surface area contributed by atoms with E-state index in [2.05, 4.69) is 5.16 Å². The van der Waals surface area contributed by atoms with Crippen LogP contribution in [0.4, 0.5) is 4.39 Å². The first kappa shape index (κ1) is 19.2. The molecule has 0 radical (unpaired) electrons. The number of aryl methyl sites for hydroxylation is 2. The summed E-state index contributed by atoms with van der Waals surface area (Å²) in [5.74, 6) is -0.0535. The minimum absolute atomic E-state index is 0.0317. The van der Waals surface area contributed by atoms with Crippen LogP contribution in [0.25, 0.3) is 0 Å². The highest BCUT2D eigenvalue weighted by Gasteiger charge is 2.14. The van der Waals surface area contributed by atoms with Gasteiger partial charge < -0.3 is 19.7 Å². The molecule has 0 saturated carbocycles. The van der Waals surface area contributed by atoms with Gasteiger partial charge in [-0.2, -0.15) is 0 Å². The summed E-state index contributed by atoms with van der Waals surface area (Å²) < 4.78 is 24.1. The Balaban J connectivity index is 1.61. The van der Waals surface area contributed by atoms with Crippen molar-refractivity contribution in [1.29, 1.82) is 0 Å². The van der Waals surface area contributed by atoms with Crippen LogP contribution in [0, 0.1) is 19.7 Å². The van der Waals surface area contributed by atoms with E-state index in [1.807, 2.05) is 32.0 Å². The maximum atomic E-state index is 12.9. The number of nitrogens with two attached hydrogens (primary N) is 1. The maximum Gasteiger partial charge on any atom is 0.400 e. The Morgan fingerprint density at radius 2 is 1.75 bits per heavy atom. The molecule has 0 bridgehead atoms. The Morgan fingerprint density at radius 1 is 1.07 bits per heavy atom. The third kappa shape index (κ3) is 4.56. The topological polar surface area (TPSA) is 87.0 Å². The Hall–Kier alpha value is -3.61. The predicted molar refractivity (Wildman–Crippen MR) is 101 cm³/mol. The van der Waals surface area contributed by atoms with E-state index in [1.165, 1.54) is 30.3 Å². The number of halogens is 1. The molecule has 3 aromatic rings. The van der Waals surface area contributed by atoms with Gasteiger partial charge in [-0.3, -0.25) is 0 Å². The smallest absolute Gasteiger partial charge is 0.400 e. The van der Waals surface area contributed by atoms with E-state index in [0.29, 0.717) is 11.3 Å². The minimum atomic E-state index is -0.802. The molecule has 0 atom stereocenters. The highest BCUT2D eigenvalue weighted by Crippen LogP contribution is 2.23. The van der Waals surface area contributed by atoms with E-state index < -0.39 is 11.8 Å². The highest BCUT2D eigenvalue weighted by atomic mass is 19.1. The molecule has 7 heteroatoms. The van der Waals surface area contributed by atoms with Crippen LogP contribution in [-0.2, 0) is 11.4 Å². The van der Waals surface area contributed by atoms with Crippen molar-refractivity contribution >= 4 is 11.8 Å². The molecular formula is C21H19FN2O4. The molecule has 0 aliphatic carbocycles. The van der Waals surface area contributed by atoms with Gasteiger partial charge in [0, 0.05) is 5.56 Å². The number of benzene rings is 2. The summed E-state index contributed by atoms with van der Waals surface area (Å²) >= 11 is 0. The number of carbonyl (C=O) groups excluding carboxylic acids is 1. The lowest BCUT2D eigenvalue weighted by Crippen LogP contribution is -2.15. The van der Waals surface area contributed by atoms with Crippen LogP contribution in [0.1, 0.15) is 33.0 Å². The normalized spacial score (nSPS) is 11.3. The first-order chi connectivity index (χ1) is 13.4. The molecule has 1 aromatic heterocycles. The Kier molecular flexibility index (Phi) is 5.74. The zero-order valence-corrected chi connectivity index (χ0v) is 15.4. The molecule has 3 rings (SSSR count). The van der Waals surface area contributed by atoms with E-state index in [4.69, 9.17) is 19.7 Å². The van der Waals surface area contributed by atoms with Crippen molar-refractivity contribution in [2.45, 2.75) is 20.5 Å². The van der Waals surface area contributed by atoms with Crippen LogP contribution in [0.5, 0.6) is 5.75 Å². The van der Waals surface area contributed by atoms with Crippen molar-refractivity contribution in [3.8, 4) is 5.75 Å². The van der Waals surface area contributed by atoms with Crippen LogP contribution in [-0.4, -0.2) is 11.8 Å². The van der Waals surface area contributed by atoms with E-state index in [-0.39, 0.29) is 18.2 Å². The summed E-state index contributed by atoms with van der Waals surface area (Å²) in [7, 11) is 0. The number of hydrogen-bond acceptors (Lipinski definition) is 5. The SMILES string of the molecule is Cc1cccc(C)c1OCc1ccc(C(=O)O/N=C(\N)c2ccc(F)cc2)o1. The summed E-state index contributed by atoms with van der Waals surface area (Å²) in [5.41, 5.74) is 8.17. The maximum absolute atomic E-state index is 12.9. The summed E-state index contributed by atoms with van der Waals surface area (Å²) in [6.07, 6.45) is 0. The molecule has 0 saturated heterocycles. The summed E-state index contributed by atoms with van der Waals surface area (Å²) in [4.78, 5) is 16.8. The molecule has 0 fully saturated rings. The molecule has 0 spiro atoms. The Labute approximate surface area is 161 Å². The highest BCUT2D eigenvalue weighted by molar-refractivity contribution is 5.97. The Morgan fingerprint density at radius 3 is 2.43 bits per heavy atom. The zero-order chi connectivity index (χ0) is 20.1. The van der Waals surface area contributed by atoms with Gasteiger partial charge in [0.25, 0.3) is 0 Å². The number of nitrogens with zero attached hydrogens (tertiary/aromatic N) is 1. The van der Waals surface area contributed by atoms with Gasteiger partial charge in [-0.15, -0.1) is 0 Å². The number of amidine groups is 1. The number of carbonyl (C=O) groups is 1. The molecule has 6 nitrogen and oxygen atoms in total. The van der Waals surface area contributed by atoms with Crippen LogP contribution in [0.15, 0.2) is 64.2 Å². The molecule has 1 heterocycles. The fourth-order valence-electron chi connectivity index (χ4n) is 2.54. The monoisotopic (exact) mass is 382 g/mol. The summed E-state index contributed by atoms with van der Waals surface area (Å²) in [6.45, 7) is 4.08. The average Bonchev–Trinajstić information content (AvgIpc) is 3.15. The van der Waals surface area contributed by atoms with Crippen molar-refractivity contribution < 1.29 is 23.2 Å². The second kappa shape index (κ2) is 8.39. The molecular weight excluding hydrogens is 363 g/mol. The third-order valence-corrected chi connectivity index (χ3v) is 4.00. The van der Waals surface area contributed by atoms with Crippen LogP contribution in [0.2, 0.25) is 0 Å². The third-order valence-electron chi connectivity index (χ3n) is 4.00. The number of furan rings is 1. The molecule has 0 amide bonds. The molecule has 2 aromatic carbocycles. The van der Waals surface area contributed by atoms with Gasteiger partial charge >= 0.3 is 5.97 Å². The predicted octanol–water partition coefficient (Wildman–Crippen LogP) is 4.09. The molecule has 144 valence electrons. The quantitative estimate of drug-likeness (QED) is 0.300. The first-order valence-corrected chi connectivity index (χ1v) is 8.52. The largest absolute Gasteiger partial charge is 0.485 e. The lowest BCUT2D eigenvalue weighted by atomic mass is 10.1. The standard InChI is InChI=1S/C21H19FN2O4/c1-13-4-3-5-14(2)19(13)26-12-17-10-11-18(27-17)21(25)28-24-20(23)15-6-8-16(22)9-7-15/h3-11H,12H2,1-2H3,(H2,23,24). The van der Waals surface area contributed by atoms with E-state index in [9.17, 15) is 9.18 Å². The second-order valence-electron chi connectivity index (χ2n) is 6.14. The number of ether oxygens (including phenoxy) is 1. The van der Waals surface area contributed by atoms with Gasteiger partial charge in [-0.25, -0.2) is 9.18 Å². The van der Waals surface area contributed by atoms with Crippen molar-refractivity contribution in [3.05, 3.63) is 88.6 Å². The van der Waals surface area contributed by atoms with Crippen molar-refractivity contribution in [2.24, 2.45) is 10.9 Å². The second-order valence-corrected chi connectivity index (χ2v) is 6.14. The molecule has 28 heavy (non-hydrogen) atoms. The molecule has 2 N–H and O–H groups in total. The summed E-state index contributed by atoms with van der Waals surface area (Å²) in [6, 6.07) is 14.3. The van der Waals surface area contributed by atoms with Crippen LogP contribution in [0.3, 0.4) is 0 Å². The molecule has 0 aliphatic heterocycles. The summed E-state index contributed by atoms with van der Waals surface area (Å²) in [5, 5.41) is 3.56. The minimum Gasteiger partial charge on any atom is -0.485 e. The van der Waals surface area contributed by atoms with E-state index in [0.717, 1.165) is 16.9 Å². The number of oxime groups is 1. The lowest BCUT2D eigenvalue weighted by Gasteiger charge is -2.10. The number of hydrogen-bond donors (Lipinski definition) is 1.